The first-order valence-electron chi connectivity index (χ1n) is 7.20. The van der Waals surface area contributed by atoms with Crippen molar-refractivity contribution in [2.24, 2.45) is 0 Å². The van der Waals surface area contributed by atoms with Crippen LogP contribution in [-0.2, 0) is 4.79 Å². The number of rotatable bonds is 7. The zero-order valence-corrected chi connectivity index (χ0v) is 12.6. The van der Waals surface area contributed by atoms with Crippen molar-refractivity contribution in [3.63, 3.8) is 0 Å². The van der Waals surface area contributed by atoms with Gasteiger partial charge in [0.15, 0.2) is 0 Å². The third-order valence-electron chi connectivity index (χ3n) is 3.74. The van der Waals surface area contributed by atoms with Crippen molar-refractivity contribution in [2.45, 2.75) is 31.7 Å². The summed E-state index contributed by atoms with van der Waals surface area (Å²) >= 11 is 5.69. The van der Waals surface area contributed by atoms with E-state index in [1.807, 2.05) is 0 Å². The van der Waals surface area contributed by atoms with Gasteiger partial charge in [0.25, 0.3) is 0 Å². The minimum absolute atomic E-state index is 0.0103. The predicted molar refractivity (Wildman–Crippen MR) is 81.0 cm³/mol. The number of benzene rings is 1. The molecule has 1 saturated carbocycles. The van der Waals surface area contributed by atoms with Crippen LogP contribution in [0.4, 0.5) is 10.1 Å². The second kappa shape index (κ2) is 7.73. The minimum Gasteiger partial charge on any atom is -0.396 e. The van der Waals surface area contributed by atoms with E-state index in [1.54, 1.807) is 0 Å². The fraction of sp³-hybridized carbons (Fsp3) is 0.533. The zero-order chi connectivity index (χ0) is 15.2. The number of aliphatic hydroxyl groups excluding tert-OH is 1. The van der Waals surface area contributed by atoms with Gasteiger partial charge < -0.3 is 10.4 Å². The average molecular weight is 315 g/mol. The Morgan fingerprint density at radius 3 is 2.81 bits per heavy atom. The number of anilines is 1. The molecule has 1 aromatic carbocycles. The highest BCUT2D eigenvalue weighted by molar-refractivity contribution is 6.31. The largest absolute Gasteiger partial charge is 0.396 e. The van der Waals surface area contributed by atoms with Crippen LogP contribution >= 0.6 is 11.6 Å². The molecule has 1 aromatic rings. The molecule has 1 amide bonds. The summed E-state index contributed by atoms with van der Waals surface area (Å²) in [5.41, 5.74) is 0.488. The van der Waals surface area contributed by atoms with E-state index in [1.165, 1.54) is 24.6 Å². The first-order chi connectivity index (χ1) is 10.1. The number of carbonyl (C=O) groups excluding carboxylic acids is 1. The third kappa shape index (κ3) is 4.66. The number of hydrogen-bond acceptors (Lipinski definition) is 3. The highest BCUT2D eigenvalue weighted by Crippen LogP contribution is 2.25. The summed E-state index contributed by atoms with van der Waals surface area (Å²) in [6, 6.07) is 4.54. The highest BCUT2D eigenvalue weighted by Gasteiger charge is 2.26. The lowest BCUT2D eigenvalue weighted by molar-refractivity contribution is -0.118. The summed E-state index contributed by atoms with van der Waals surface area (Å²) < 4.78 is 13.1. The normalized spacial score (nSPS) is 15.0. The maximum absolute atomic E-state index is 13.1. The molecule has 1 aliphatic carbocycles. The number of carbonyl (C=O) groups is 1. The van der Waals surface area contributed by atoms with Gasteiger partial charge in [-0.1, -0.05) is 18.0 Å². The van der Waals surface area contributed by atoms with Crippen LogP contribution in [0.2, 0.25) is 5.02 Å². The third-order valence-corrected chi connectivity index (χ3v) is 4.03. The van der Waals surface area contributed by atoms with Gasteiger partial charge in [0.05, 0.1) is 11.6 Å². The van der Waals surface area contributed by atoms with E-state index in [-0.39, 0.29) is 24.1 Å². The van der Waals surface area contributed by atoms with Gasteiger partial charge in [-0.2, -0.15) is 0 Å². The molecule has 21 heavy (non-hydrogen) atoms. The van der Waals surface area contributed by atoms with Crippen LogP contribution in [0.15, 0.2) is 18.2 Å². The Morgan fingerprint density at radius 1 is 1.48 bits per heavy atom. The van der Waals surface area contributed by atoms with Crippen molar-refractivity contribution in [1.82, 2.24) is 4.90 Å². The fourth-order valence-electron chi connectivity index (χ4n) is 2.38. The molecule has 2 N–H and O–H groups in total. The van der Waals surface area contributed by atoms with Crippen molar-refractivity contribution >= 4 is 23.2 Å². The van der Waals surface area contributed by atoms with Gasteiger partial charge in [-0.3, -0.25) is 9.69 Å². The fourth-order valence-corrected chi connectivity index (χ4v) is 2.56. The molecule has 0 unspecified atom stereocenters. The van der Waals surface area contributed by atoms with Gasteiger partial charge in [0.2, 0.25) is 5.91 Å². The molecule has 0 radical (unpaired) electrons. The summed E-state index contributed by atoms with van der Waals surface area (Å²) in [5, 5.41) is 11.7. The van der Waals surface area contributed by atoms with E-state index in [0.717, 1.165) is 12.8 Å². The molecule has 4 nitrogen and oxygen atoms in total. The van der Waals surface area contributed by atoms with Crippen molar-refractivity contribution in [3.05, 3.63) is 29.0 Å². The molecule has 2 rings (SSSR count). The molecular formula is C15H20ClFN2O2. The van der Waals surface area contributed by atoms with Gasteiger partial charge in [0, 0.05) is 24.9 Å². The lowest BCUT2D eigenvalue weighted by Gasteiger charge is -2.37. The van der Waals surface area contributed by atoms with Crippen molar-refractivity contribution < 1.29 is 14.3 Å². The number of hydrogen-bond donors (Lipinski definition) is 2. The Labute approximate surface area is 128 Å². The minimum atomic E-state index is -0.506. The Bertz CT molecular complexity index is 495. The van der Waals surface area contributed by atoms with Gasteiger partial charge in [0.1, 0.15) is 5.82 Å². The van der Waals surface area contributed by atoms with Crippen LogP contribution in [0.5, 0.6) is 0 Å². The first kappa shape index (κ1) is 16.2. The van der Waals surface area contributed by atoms with E-state index in [9.17, 15) is 9.18 Å². The van der Waals surface area contributed by atoms with Crippen molar-refractivity contribution in [2.75, 3.05) is 25.0 Å². The lowest BCUT2D eigenvalue weighted by atomic mass is 9.91. The van der Waals surface area contributed by atoms with Crippen molar-refractivity contribution in [3.8, 4) is 0 Å². The van der Waals surface area contributed by atoms with Crippen LogP contribution in [0, 0.1) is 5.82 Å². The van der Waals surface area contributed by atoms with E-state index < -0.39 is 5.82 Å². The van der Waals surface area contributed by atoms with Crippen LogP contribution in [-0.4, -0.2) is 41.7 Å². The van der Waals surface area contributed by atoms with Gasteiger partial charge in [-0.05, 0) is 37.5 Å². The topological polar surface area (TPSA) is 52.6 Å². The second-order valence-electron chi connectivity index (χ2n) is 5.31. The molecule has 116 valence electrons. The summed E-state index contributed by atoms with van der Waals surface area (Å²) in [6.45, 7) is 1.11. The molecule has 0 aromatic heterocycles. The van der Waals surface area contributed by atoms with Gasteiger partial charge >= 0.3 is 0 Å². The molecule has 1 aliphatic rings. The Balaban J connectivity index is 1.90. The van der Waals surface area contributed by atoms with Crippen LogP contribution in [0.1, 0.15) is 25.7 Å². The Kier molecular flexibility index (Phi) is 5.96. The smallest absolute Gasteiger partial charge is 0.238 e. The van der Waals surface area contributed by atoms with E-state index in [4.69, 9.17) is 16.7 Å². The number of nitrogens with one attached hydrogen (secondary N) is 1. The van der Waals surface area contributed by atoms with E-state index in [0.29, 0.717) is 24.7 Å². The maximum atomic E-state index is 13.1. The molecule has 0 saturated heterocycles. The number of nitrogens with zero attached hydrogens (tertiary/aromatic N) is 1. The van der Waals surface area contributed by atoms with Crippen LogP contribution in [0.3, 0.4) is 0 Å². The number of halogens is 2. The quantitative estimate of drug-likeness (QED) is 0.813. The molecule has 0 aliphatic heterocycles. The van der Waals surface area contributed by atoms with Gasteiger partial charge in [-0.25, -0.2) is 4.39 Å². The predicted octanol–water partition coefficient (Wildman–Crippen LogP) is 2.65. The number of amides is 1. The molecular weight excluding hydrogens is 295 g/mol. The van der Waals surface area contributed by atoms with Crippen molar-refractivity contribution in [1.29, 1.82) is 0 Å². The lowest BCUT2D eigenvalue weighted by Crippen LogP contribution is -2.45. The van der Waals surface area contributed by atoms with Crippen LogP contribution < -0.4 is 5.32 Å². The summed E-state index contributed by atoms with van der Waals surface area (Å²) in [6.07, 6.45) is 4.05. The highest BCUT2D eigenvalue weighted by atomic mass is 35.5. The molecule has 1 fully saturated rings. The SMILES string of the molecule is O=C(CN(CCCO)C1CCC1)Nc1ccc(F)c(Cl)c1. The standard InChI is InChI=1S/C15H20ClFN2O2/c16-13-9-11(5-6-14(13)17)18-15(21)10-19(7-2-8-20)12-3-1-4-12/h5-6,9,12,20H,1-4,7-8,10H2,(H,18,21). The molecule has 6 heteroatoms. The van der Waals surface area contributed by atoms with Crippen LogP contribution in [0.25, 0.3) is 0 Å². The molecule has 0 atom stereocenters. The molecule has 0 heterocycles. The van der Waals surface area contributed by atoms with E-state index in [2.05, 4.69) is 10.2 Å². The Hall–Kier alpha value is -1.17. The summed E-state index contributed by atoms with van der Waals surface area (Å²) in [5.74, 6) is -0.656. The number of aliphatic hydroxyl groups is 1. The molecule has 0 bridgehead atoms. The second-order valence-corrected chi connectivity index (χ2v) is 5.72. The Morgan fingerprint density at radius 2 is 2.24 bits per heavy atom. The summed E-state index contributed by atoms with van der Waals surface area (Å²) in [4.78, 5) is 14.2. The molecule has 0 spiro atoms. The first-order valence-corrected chi connectivity index (χ1v) is 7.58. The van der Waals surface area contributed by atoms with E-state index >= 15 is 0 Å². The van der Waals surface area contributed by atoms with Gasteiger partial charge in [-0.15, -0.1) is 0 Å². The average Bonchev–Trinajstić information content (AvgIpc) is 2.38. The monoisotopic (exact) mass is 314 g/mol. The summed E-state index contributed by atoms with van der Waals surface area (Å²) in [7, 11) is 0. The zero-order valence-electron chi connectivity index (χ0n) is 11.8. The maximum Gasteiger partial charge on any atom is 0.238 e.